The number of nitrogens with zero attached hydrogens (tertiary/aromatic N) is 6. The predicted molar refractivity (Wildman–Crippen MR) is 165 cm³/mol. The summed E-state index contributed by atoms with van der Waals surface area (Å²) < 4.78 is 13.8. The number of rotatable bonds is 6. The van der Waals surface area contributed by atoms with E-state index in [-0.39, 0.29) is 23.9 Å². The minimum atomic E-state index is -0.672. The van der Waals surface area contributed by atoms with E-state index in [1.54, 1.807) is 0 Å². The van der Waals surface area contributed by atoms with E-state index >= 15 is 0 Å². The van der Waals surface area contributed by atoms with Gasteiger partial charge in [-0.05, 0) is 49.3 Å². The normalized spacial score (nSPS) is 22.7. The Morgan fingerprint density at radius 3 is 2.56 bits per heavy atom. The molecule has 7 rings (SSSR count). The lowest BCUT2D eigenvalue weighted by Crippen LogP contribution is -2.45. The van der Waals surface area contributed by atoms with Crippen LogP contribution in [0.4, 0.5) is 5.95 Å². The number of anilines is 1. The second-order valence-corrected chi connectivity index (χ2v) is 12.2. The summed E-state index contributed by atoms with van der Waals surface area (Å²) in [6.45, 7) is 6.52. The van der Waals surface area contributed by atoms with Gasteiger partial charge >= 0.3 is 5.76 Å². The molecule has 2 aliphatic rings. The molecule has 0 amide bonds. The molecule has 0 bridgehead atoms. The number of hydrogen-bond acceptors (Lipinski definition) is 8. The largest absolute Gasteiger partial charge is 0.434 e. The Morgan fingerprint density at radius 1 is 1.00 bits per heavy atom. The summed E-state index contributed by atoms with van der Waals surface area (Å²) in [6, 6.07) is 18.0. The number of nitrogens with one attached hydrogen (secondary N) is 1. The van der Waals surface area contributed by atoms with Crippen LogP contribution in [0.5, 0.6) is 0 Å². The summed E-state index contributed by atoms with van der Waals surface area (Å²) in [5.41, 5.74) is 3.98. The highest BCUT2D eigenvalue weighted by molar-refractivity contribution is 6.30. The number of fused-ring (bicyclic) bond motifs is 1. The predicted octanol–water partition coefficient (Wildman–Crippen LogP) is 6.28. The number of aromatic nitrogens is 6. The van der Waals surface area contributed by atoms with E-state index in [9.17, 15) is 4.79 Å². The third-order valence-corrected chi connectivity index (χ3v) is 9.01. The van der Waals surface area contributed by atoms with Crippen LogP contribution in [-0.2, 0) is 11.3 Å². The molecule has 1 aliphatic heterocycles. The van der Waals surface area contributed by atoms with Gasteiger partial charge in [0.25, 0.3) is 5.89 Å². The van der Waals surface area contributed by atoms with E-state index in [1.165, 1.54) is 18.4 Å². The summed E-state index contributed by atoms with van der Waals surface area (Å²) in [6.07, 6.45) is 4.70. The van der Waals surface area contributed by atoms with Crippen molar-refractivity contribution in [2.45, 2.75) is 58.2 Å². The van der Waals surface area contributed by atoms with Crippen molar-refractivity contribution in [3.63, 3.8) is 0 Å². The van der Waals surface area contributed by atoms with Crippen LogP contribution in [0.3, 0.4) is 0 Å². The van der Waals surface area contributed by atoms with E-state index in [2.05, 4.69) is 57.8 Å². The molecule has 1 saturated carbocycles. The Morgan fingerprint density at radius 2 is 1.81 bits per heavy atom. The van der Waals surface area contributed by atoms with Crippen LogP contribution in [0.1, 0.15) is 51.1 Å². The molecule has 5 aromatic rings. The van der Waals surface area contributed by atoms with Gasteiger partial charge in [-0.1, -0.05) is 73.8 Å². The van der Waals surface area contributed by atoms with Crippen molar-refractivity contribution in [1.82, 2.24) is 29.7 Å². The molecule has 1 saturated heterocycles. The van der Waals surface area contributed by atoms with Crippen molar-refractivity contribution < 1.29 is 9.15 Å². The van der Waals surface area contributed by atoms with Gasteiger partial charge in [-0.2, -0.15) is 4.98 Å². The number of benzene rings is 2. The smallest absolute Gasteiger partial charge is 0.384 e. The third-order valence-electron chi connectivity index (χ3n) is 8.78. The number of hydrogen-bond donors (Lipinski definition) is 1. The highest BCUT2D eigenvalue weighted by Gasteiger charge is 2.35. The zero-order valence-electron chi connectivity index (χ0n) is 24.2. The number of ether oxygens (including phenoxy) is 1. The summed E-state index contributed by atoms with van der Waals surface area (Å²) in [5.74, 6) is 1.59. The van der Waals surface area contributed by atoms with Crippen LogP contribution in [0.25, 0.3) is 34.1 Å². The first-order valence-corrected chi connectivity index (χ1v) is 15.4. The van der Waals surface area contributed by atoms with E-state index in [1.807, 2.05) is 30.3 Å². The molecule has 0 radical (unpaired) electrons. The first kappa shape index (κ1) is 27.8. The second-order valence-electron chi connectivity index (χ2n) is 11.8. The maximum atomic E-state index is 11.8. The zero-order valence-corrected chi connectivity index (χ0v) is 25.0. The molecule has 43 heavy (non-hydrogen) atoms. The molecular formula is C32H34ClN7O3. The first-order chi connectivity index (χ1) is 20.9. The van der Waals surface area contributed by atoms with E-state index in [0.717, 1.165) is 42.3 Å². The molecule has 11 heteroatoms. The van der Waals surface area contributed by atoms with Gasteiger partial charge in [0.15, 0.2) is 5.65 Å². The number of morpholine rings is 1. The molecule has 3 aromatic heterocycles. The molecule has 222 valence electrons. The molecule has 2 aromatic carbocycles. The summed E-state index contributed by atoms with van der Waals surface area (Å²) >= 11 is 6.48. The fourth-order valence-electron chi connectivity index (χ4n) is 6.59. The molecule has 0 unspecified atom stereocenters. The summed E-state index contributed by atoms with van der Waals surface area (Å²) in [4.78, 5) is 29.2. The molecular weight excluding hydrogens is 566 g/mol. The standard InChI is InChI=1S/C32H34ClN7O3/c1-19-11-13-21(14-12-19)18-40-27-25(23-9-6-10-24(33)17-23)34-29(30-37-38-32(41)43-30)35-28(27)36-31(40)39-15-16-42-20(2)26(39)22-7-4-3-5-8-22/h3-10,17,19-21,26H,11-16,18H2,1-2H3,(H,38,41)/t19-,20-,21-,26+/m1/s1. The highest BCUT2D eigenvalue weighted by atomic mass is 35.5. The second kappa shape index (κ2) is 11.6. The average molecular weight is 600 g/mol. The monoisotopic (exact) mass is 599 g/mol. The van der Waals surface area contributed by atoms with Crippen LogP contribution >= 0.6 is 11.6 Å². The van der Waals surface area contributed by atoms with Gasteiger partial charge < -0.3 is 18.6 Å². The van der Waals surface area contributed by atoms with Crippen molar-refractivity contribution in [3.8, 4) is 23.0 Å². The molecule has 0 spiro atoms. The molecule has 2 atom stereocenters. The molecule has 1 aliphatic carbocycles. The van der Waals surface area contributed by atoms with E-state index in [4.69, 9.17) is 35.7 Å². The quantitative estimate of drug-likeness (QED) is 0.242. The van der Waals surface area contributed by atoms with Gasteiger partial charge in [0.1, 0.15) is 11.2 Å². The fraction of sp³-hybridized carbons (Fsp3) is 0.406. The van der Waals surface area contributed by atoms with Crippen molar-refractivity contribution >= 4 is 28.7 Å². The lowest BCUT2D eigenvalue weighted by atomic mass is 9.83. The van der Waals surface area contributed by atoms with Crippen LogP contribution < -0.4 is 10.7 Å². The van der Waals surface area contributed by atoms with Crippen LogP contribution in [0.2, 0.25) is 5.02 Å². The summed E-state index contributed by atoms with van der Waals surface area (Å²) in [5, 5.41) is 6.92. The van der Waals surface area contributed by atoms with Gasteiger partial charge in [-0.3, -0.25) is 0 Å². The Hall–Kier alpha value is -4.02. The fourth-order valence-corrected chi connectivity index (χ4v) is 6.78. The van der Waals surface area contributed by atoms with Crippen LogP contribution in [0, 0.1) is 11.8 Å². The topological polar surface area (TPSA) is 115 Å². The Labute approximate surface area is 254 Å². The summed E-state index contributed by atoms with van der Waals surface area (Å²) in [7, 11) is 0. The minimum Gasteiger partial charge on any atom is -0.384 e. The van der Waals surface area contributed by atoms with Gasteiger partial charge in [-0.15, -0.1) is 5.10 Å². The lowest BCUT2D eigenvalue weighted by Gasteiger charge is -2.41. The maximum absolute atomic E-state index is 11.8. The number of aromatic amines is 1. The van der Waals surface area contributed by atoms with Crippen molar-refractivity contribution in [2.24, 2.45) is 11.8 Å². The Balaban J connectivity index is 1.46. The minimum absolute atomic E-state index is 0.00898. The van der Waals surface area contributed by atoms with Crippen molar-refractivity contribution in [3.05, 3.63) is 75.7 Å². The van der Waals surface area contributed by atoms with Crippen molar-refractivity contribution in [1.29, 1.82) is 0 Å². The van der Waals surface area contributed by atoms with Gasteiger partial charge in [-0.25, -0.2) is 19.9 Å². The molecule has 1 N–H and O–H groups in total. The van der Waals surface area contributed by atoms with Gasteiger partial charge in [0, 0.05) is 23.7 Å². The SMILES string of the molecule is C[C@H]1OCCN(c2nc3nc(-c4n[nH]c(=O)o4)nc(-c4cccc(Cl)c4)c3n2C[C@H]2CC[C@H](C)CC2)[C@@H]1c1ccccc1. The first-order valence-electron chi connectivity index (χ1n) is 15.0. The maximum Gasteiger partial charge on any atom is 0.434 e. The van der Waals surface area contributed by atoms with E-state index in [0.29, 0.717) is 35.4 Å². The Kier molecular flexibility index (Phi) is 7.48. The van der Waals surface area contributed by atoms with Gasteiger partial charge in [0.05, 0.1) is 18.8 Å². The van der Waals surface area contributed by atoms with Crippen molar-refractivity contribution in [2.75, 3.05) is 18.1 Å². The molecule has 2 fully saturated rings. The number of H-pyrrole nitrogens is 1. The molecule has 4 heterocycles. The van der Waals surface area contributed by atoms with Crippen LogP contribution in [0.15, 0.2) is 63.8 Å². The Bertz CT molecular complexity index is 1790. The molecule has 10 nitrogen and oxygen atoms in total. The number of halogens is 1. The lowest BCUT2D eigenvalue weighted by molar-refractivity contribution is 0.0221. The average Bonchev–Trinajstić information content (AvgIpc) is 3.61. The van der Waals surface area contributed by atoms with Gasteiger partial charge in [0.2, 0.25) is 11.8 Å². The number of imidazole rings is 1. The third kappa shape index (κ3) is 5.45. The zero-order chi connectivity index (χ0) is 29.5. The van der Waals surface area contributed by atoms with E-state index < -0.39 is 5.76 Å². The van der Waals surface area contributed by atoms with Crippen LogP contribution in [-0.4, -0.2) is 49.0 Å². The highest BCUT2D eigenvalue weighted by Crippen LogP contribution is 2.40.